The van der Waals surface area contributed by atoms with E-state index in [-0.39, 0.29) is 11.9 Å². The number of nitrogens with one attached hydrogen (secondary N) is 1. The van der Waals surface area contributed by atoms with Gasteiger partial charge in [0.05, 0.1) is 7.11 Å². The number of esters is 1. The molecule has 90 valence electrons. The first-order valence-corrected chi connectivity index (χ1v) is 6.18. The monoisotopic (exact) mass is 297 g/mol. The van der Waals surface area contributed by atoms with Crippen LogP contribution in [-0.2, 0) is 20.7 Å². The number of anilines is 1. The van der Waals surface area contributed by atoms with Gasteiger partial charge in [-0.1, -0.05) is 28.1 Å². The van der Waals surface area contributed by atoms with Gasteiger partial charge in [0.15, 0.2) is 0 Å². The summed E-state index contributed by atoms with van der Waals surface area (Å²) in [5, 5.41) is 2.80. The number of carbonyl (C=O) groups is 2. The Morgan fingerprint density at radius 3 is 2.94 bits per heavy atom. The molecule has 1 N–H and O–H groups in total. The molecule has 0 aromatic heterocycles. The van der Waals surface area contributed by atoms with Crippen LogP contribution in [0.5, 0.6) is 0 Å². The molecule has 1 aliphatic heterocycles. The van der Waals surface area contributed by atoms with Crippen molar-refractivity contribution in [2.24, 2.45) is 0 Å². The predicted molar refractivity (Wildman–Crippen MR) is 67.1 cm³/mol. The Labute approximate surface area is 107 Å². The summed E-state index contributed by atoms with van der Waals surface area (Å²) in [6.45, 7) is 0. The van der Waals surface area contributed by atoms with E-state index >= 15 is 0 Å². The zero-order valence-corrected chi connectivity index (χ0v) is 10.9. The van der Waals surface area contributed by atoms with Crippen LogP contribution in [0.1, 0.15) is 22.4 Å². The van der Waals surface area contributed by atoms with Gasteiger partial charge in [-0.3, -0.25) is 9.59 Å². The third kappa shape index (κ3) is 2.49. The molecular weight excluding hydrogens is 286 g/mol. The average Bonchev–Trinajstić information content (AvgIpc) is 2.36. The van der Waals surface area contributed by atoms with E-state index in [0.717, 1.165) is 16.8 Å². The van der Waals surface area contributed by atoms with Crippen molar-refractivity contribution in [3.63, 3.8) is 0 Å². The fourth-order valence-corrected chi connectivity index (χ4v) is 2.27. The summed E-state index contributed by atoms with van der Waals surface area (Å²) in [5.41, 5.74) is 2.72. The number of methoxy groups -OCH3 is 1. The Kier molecular flexibility index (Phi) is 3.47. The van der Waals surface area contributed by atoms with E-state index in [4.69, 9.17) is 0 Å². The van der Waals surface area contributed by atoms with E-state index in [0.29, 0.717) is 12.8 Å². The van der Waals surface area contributed by atoms with Crippen molar-refractivity contribution < 1.29 is 14.3 Å². The zero-order valence-electron chi connectivity index (χ0n) is 9.33. The number of rotatable bonds is 2. The first-order chi connectivity index (χ1) is 8.11. The van der Waals surface area contributed by atoms with E-state index in [9.17, 15) is 9.59 Å². The fourth-order valence-electron chi connectivity index (χ4n) is 1.80. The van der Waals surface area contributed by atoms with E-state index in [2.05, 4.69) is 26.0 Å². The van der Waals surface area contributed by atoms with Gasteiger partial charge in [-0.05, 0) is 23.6 Å². The molecule has 2 rings (SSSR count). The summed E-state index contributed by atoms with van der Waals surface area (Å²) in [4.78, 5) is 22.1. The van der Waals surface area contributed by atoms with E-state index in [1.165, 1.54) is 7.11 Å². The largest absolute Gasteiger partial charge is 0.468 e. The Bertz CT molecular complexity index is 473. The number of hydrogen-bond donors (Lipinski definition) is 1. The molecule has 17 heavy (non-hydrogen) atoms. The normalized spacial score (nSPS) is 15.8. The molecular formula is C12H12BrNO3. The smallest absolute Gasteiger partial charge is 0.323 e. The standard InChI is InChI=1S/C12H12BrNO3/c1-17-12(16)11(13)8-2-4-9-7(6-8)3-5-10(15)14-9/h2,4,6,11H,3,5H2,1H3,(H,14,15). The van der Waals surface area contributed by atoms with Crippen LogP contribution in [0, 0.1) is 0 Å². The van der Waals surface area contributed by atoms with Gasteiger partial charge in [0, 0.05) is 12.1 Å². The van der Waals surface area contributed by atoms with Crippen LogP contribution >= 0.6 is 15.9 Å². The molecule has 0 aliphatic carbocycles. The summed E-state index contributed by atoms with van der Waals surface area (Å²) in [7, 11) is 1.36. The number of aryl methyl sites for hydroxylation is 1. The van der Waals surface area contributed by atoms with Crippen molar-refractivity contribution >= 4 is 33.5 Å². The molecule has 4 nitrogen and oxygen atoms in total. The van der Waals surface area contributed by atoms with Gasteiger partial charge in [0.25, 0.3) is 0 Å². The Morgan fingerprint density at radius 2 is 2.24 bits per heavy atom. The molecule has 1 unspecified atom stereocenters. The Morgan fingerprint density at radius 1 is 1.47 bits per heavy atom. The van der Waals surface area contributed by atoms with Crippen LogP contribution in [-0.4, -0.2) is 19.0 Å². The van der Waals surface area contributed by atoms with Crippen LogP contribution in [0.4, 0.5) is 5.69 Å². The number of halogens is 1. The molecule has 1 aromatic carbocycles. The molecule has 0 saturated heterocycles. The lowest BCUT2D eigenvalue weighted by Crippen LogP contribution is -2.19. The van der Waals surface area contributed by atoms with Crippen LogP contribution in [0.25, 0.3) is 0 Å². The summed E-state index contributed by atoms with van der Waals surface area (Å²) in [6, 6.07) is 5.55. The first-order valence-electron chi connectivity index (χ1n) is 5.26. The topological polar surface area (TPSA) is 55.4 Å². The molecule has 0 bridgehead atoms. The van der Waals surface area contributed by atoms with Crippen molar-refractivity contribution in [1.29, 1.82) is 0 Å². The first kappa shape index (κ1) is 12.1. The van der Waals surface area contributed by atoms with Crippen LogP contribution in [0.3, 0.4) is 0 Å². The highest BCUT2D eigenvalue weighted by Gasteiger charge is 2.21. The van der Waals surface area contributed by atoms with E-state index < -0.39 is 4.83 Å². The number of hydrogen-bond acceptors (Lipinski definition) is 3. The third-order valence-corrected chi connectivity index (χ3v) is 3.63. The van der Waals surface area contributed by atoms with Crippen LogP contribution in [0.15, 0.2) is 18.2 Å². The van der Waals surface area contributed by atoms with Crippen molar-refractivity contribution in [2.75, 3.05) is 12.4 Å². The molecule has 1 atom stereocenters. The second-order valence-corrected chi connectivity index (χ2v) is 4.77. The highest BCUT2D eigenvalue weighted by atomic mass is 79.9. The highest BCUT2D eigenvalue weighted by Crippen LogP contribution is 2.30. The average molecular weight is 298 g/mol. The van der Waals surface area contributed by atoms with E-state index in [1.807, 2.05) is 12.1 Å². The number of amides is 1. The summed E-state index contributed by atoms with van der Waals surface area (Å²) in [5.74, 6) is -0.293. The van der Waals surface area contributed by atoms with Gasteiger partial charge in [-0.15, -0.1) is 0 Å². The van der Waals surface area contributed by atoms with Gasteiger partial charge in [-0.2, -0.15) is 0 Å². The van der Waals surface area contributed by atoms with Crippen LogP contribution < -0.4 is 5.32 Å². The molecule has 0 radical (unpaired) electrons. The van der Waals surface area contributed by atoms with Crippen molar-refractivity contribution in [3.8, 4) is 0 Å². The number of benzene rings is 1. The number of fused-ring (bicyclic) bond motifs is 1. The predicted octanol–water partition coefficient (Wildman–Crippen LogP) is 2.18. The maximum Gasteiger partial charge on any atom is 0.323 e. The molecule has 0 fully saturated rings. The number of carbonyl (C=O) groups excluding carboxylic acids is 2. The van der Waals surface area contributed by atoms with Gasteiger partial charge < -0.3 is 10.1 Å². The molecule has 1 aromatic rings. The molecule has 1 heterocycles. The second kappa shape index (κ2) is 4.87. The maximum atomic E-state index is 11.4. The van der Waals surface area contributed by atoms with Crippen LogP contribution in [0.2, 0.25) is 0 Å². The van der Waals surface area contributed by atoms with Crippen molar-refractivity contribution in [3.05, 3.63) is 29.3 Å². The zero-order chi connectivity index (χ0) is 12.4. The Balaban J connectivity index is 2.28. The molecule has 1 aliphatic rings. The minimum absolute atomic E-state index is 0.0358. The molecule has 5 heteroatoms. The summed E-state index contributed by atoms with van der Waals surface area (Å²) >= 11 is 3.29. The second-order valence-electron chi connectivity index (χ2n) is 3.85. The highest BCUT2D eigenvalue weighted by molar-refractivity contribution is 9.09. The summed E-state index contributed by atoms with van der Waals surface area (Å²) in [6.07, 6.45) is 1.19. The number of ether oxygens (including phenoxy) is 1. The van der Waals surface area contributed by atoms with Crippen molar-refractivity contribution in [1.82, 2.24) is 0 Å². The summed E-state index contributed by atoms with van der Waals surface area (Å²) < 4.78 is 4.67. The maximum absolute atomic E-state index is 11.4. The quantitative estimate of drug-likeness (QED) is 0.672. The molecule has 0 spiro atoms. The lowest BCUT2D eigenvalue weighted by Gasteiger charge is -2.18. The van der Waals surface area contributed by atoms with Gasteiger partial charge >= 0.3 is 5.97 Å². The minimum Gasteiger partial charge on any atom is -0.468 e. The van der Waals surface area contributed by atoms with E-state index in [1.54, 1.807) is 6.07 Å². The molecule has 1 amide bonds. The Hall–Kier alpha value is -1.36. The fraction of sp³-hybridized carbons (Fsp3) is 0.333. The molecule has 0 saturated carbocycles. The van der Waals surface area contributed by atoms with Gasteiger partial charge in [-0.25, -0.2) is 0 Å². The SMILES string of the molecule is COC(=O)C(Br)c1ccc2c(c1)CCC(=O)N2. The lowest BCUT2D eigenvalue weighted by atomic mass is 9.99. The minimum atomic E-state index is -0.463. The third-order valence-electron chi connectivity index (χ3n) is 2.73. The van der Waals surface area contributed by atoms with Gasteiger partial charge in [0.2, 0.25) is 5.91 Å². The van der Waals surface area contributed by atoms with Gasteiger partial charge in [0.1, 0.15) is 4.83 Å². The number of alkyl halides is 1. The van der Waals surface area contributed by atoms with Crippen molar-refractivity contribution in [2.45, 2.75) is 17.7 Å². The lowest BCUT2D eigenvalue weighted by molar-refractivity contribution is -0.139.